The van der Waals surface area contributed by atoms with Gasteiger partial charge in [0.1, 0.15) is 5.01 Å². The van der Waals surface area contributed by atoms with Gasteiger partial charge in [-0.2, -0.15) is 5.10 Å². The van der Waals surface area contributed by atoms with Crippen LogP contribution in [0.2, 0.25) is 0 Å². The fourth-order valence-electron chi connectivity index (χ4n) is 2.85. The number of esters is 1. The highest BCUT2D eigenvalue weighted by Crippen LogP contribution is 2.29. The molecule has 10 heteroatoms. The number of amides is 1. The minimum Gasteiger partial charge on any atom is -0.469 e. The van der Waals surface area contributed by atoms with E-state index in [9.17, 15) is 9.59 Å². The van der Waals surface area contributed by atoms with Crippen molar-refractivity contribution in [1.29, 1.82) is 0 Å². The second-order valence-corrected chi connectivity index (χ2v) is 6.95. The predicted octanol–water partition coefficient (Wildman–Crippen LogP) is 0.319. The van der Waals surface area contributed by atoms with Crippen LogP contribution in [0.4, 0.5) is 5.13 Å². The van der Waals surface area contributed by atoms with Crippen LogP contribution < -0.4 is 10.6 Å². The number of carbonyl (C=O) groups is 2. The van der Waals surface area contributed by atoms with Gasteiger partial charge in [0.15, 0.2) is 0 Å². The Morgan fingerprint density at radius 1 is 1.44 bits per heavy atom. The molecule has 0 radical (unpaired) electrons. The third-order valence-corrected chi connectivity index (χ3v) is 5.07. The summed E-state index contributed by atoms with van der Waals surface area (Å²) in [6, 6.07) is 0. The van der Waals surface area contributed by atoms with Crippen molar-refractivity contribution in [1.82, 2.24) is 25.3 Å². The van der Waals surface area contributed by atoms with Crippen LogP contribution in [0.3, 0.4) is 0 Å². The molecule has 2 aromatic rings. The molecule has 0 aliphatic carbocycles. The molecule has 134 valence electrons. The topological polar surface area (TPSA) is 111 Å². The molecular weight excluding hydrogens is 344 g/mol. The van der Waals surface area contributed by atoms with Crippen molar-refractivity contribution in [2.75, 3.05) is 25.5 Å². The van der Waals surface area contributed by atoms with Crippen LogP contribution in [0.15, 0.2) is 12.4 Å². The molecule has 2 atom stereocenters. The van der Waals surface area contributed by atoms with E-state index in [2.05, 4.69) is 30.7 Å². The van der Waals surface area contributed by atoms with Gasteiger partial charge in [0.25, 0.3) is 0 Å². The summed E-state index contributed by atoms with van der Waals surface area (Å²) in [4.78, 5) is 23.8. The van der Waals surface area contributed by atoms with E-state index in [4.69, 9.17) is 0 Å². The van der Waals surface area contributed by atoms with Gasteiger partial charge in [0.2, 0.25) is 11.0 Å². The lowest BCUT2D eigenvalue weighted by Gasteiger charge is -2.15. The van der Waals surface area contributed by atoms with Gasteiger partial charge in [-0.1, -0.05) is 11.3 Å². The maximum atomic E-state index is 12.6. The molecule has 1 aliphatic rings. The number of ether oxygens (including phenoxy) is 1. The van der Waals surface area contributed by atoms with Crippen LogP contribution >= 0.6 is 11.3 Å². The van der Waals surface area contributed by atoms with Crippen LogP contribution in [0, 0.1) is 5.92 Å². The molecule has 3 rings (SSSR count). The van der Waals surface area contributed by atoms with Crippen molar-refractivity contribution in [3.8, 4) is 0 Å². The molecule has 25 heavy (non-hydrogen) atoms. The molecule has 0 saturated carbocycles. The Labute approximate surface area is 148 Å². The normalized spacial score (nSPS) is 19.8. The summed E-state index contributed by atoms with van der Waals surface area (Å²) in [6.07, 6.45) is 4.43. The van der Waals surface area contributed by atoms with Crippen LogP contribution in [0.5, 0.6) is 0 Å². The van der Waals surface area contributed by atoms with Crippen molar-refractivity contribution in [3.05, 3.63) is 23.0 Å². The van der Waals surface area contributed by atoms with Crippen LogP contribution in [0.1, 0.15) is 22.9 Å². The molecule has 1 saturated heterocycles. The lowest BCUT2D eigenvalue weighted by Crippen LogP contribution is -2.28. The SMILES string of the molecule is COC(=O)CCc1nnc(NC(=O)[C@H]2CNC[C@@H]2c2cnn(C)c2)s1. The fourth-order valence-corrected chi connectivity index (χ4v) is 3.59. The number of hydrogen-bond acceptors (Lipinski definition) is 8. The first-order chi connectivity index (χ1) is 12.1. The maximum absolute atomic E-state index is 12.6. The Balaban J connectivity index is 1.60. The van der Waals surface area contributed by atoms with Crippen LogP contribution in [-0.4, -0.2) is 52.1 Å². The summed E-state index contributed by atoms with van der Waals surface area (Å²) in [6.45, 7) is 1.35. The summed E-state index contributed by atoms with van der Waals surface area (Å²) in [7, 11) is 3.21. The van der Waals surface area contributed by atoms with E-state index in [-0.39, 0.29) is 30.1 Å². The second-order valence-electron chi connectivity index (χ2n) is 5.88. The fraction of sp³-hybridized carbons (Fsp3) is 0.533. The second kappa shape index (κ2) is 7.70. The van der Waals surface area contributed by atoms with Crippen molar-refractivity contribution in [2.24, 2.45) is 13.0 Å². The first-order valence-electron chi connectivity index (χ1n) is 7.96. The quantitative estimate of drug-likeness (QED) is 0.710. The van der Waals surface area contributed by atoms with E-state index in [1.54, 1.807) is 10.9 Å². The molecule has 0 spiro atoms. The van der Waals surface area contributed by atoms with Gasteiger partial charge < -0.3 is 15.4 Å². The molecule has 1 aliphatic heterocycles. The zero-order valence-corrected chi connectivity index (χ0v) is 14.9. The molecule has 2 aromatic heterocycles. The molecule has 3 heterocycles. The lowest BCUT2D eigenvalue weighted by molar-refractivity contribution is -0.140. The molecule has 0 bridgehead atoms. The maximum Gasteiger partial charge on any atom is 0.305 e. The van der Waals surface area contributed by atoms with E-state index in [0.29, 0.717) is 23.1 Å². The lowest BCUT2D eigenvalue weighted by atomic mass is 9.90. The number of nitrogens with one attached hydrogen (secondary N) is 2. The molecule has 0 aromatic carbocycles. The van der Waals surface area contributed by atoms with Gasteiger partial charge in [0.05, 0.1) is 25.6 Å². The summed E-state index contributed by atoms with van der Waals surface area (Å²) >= 11 is 1.27. The van der Waals surface area contributed by atoms with Gasteiger partial charge in [-0.3, -0.25) is 14.3 Å². The number of nitrogens with zero attached hydrogens (tertiary/aromatic N) is 4. The predicted molar refractivity (Wildman–Crippen MR) is 91.2 cm³/mol. The van der Waals surface area contributed by atoms with Gasteiger partial charge in [-0.15, -0.1) is 10.2 Å². The highest BCUT2D eigenvalue weighted by atomic mass is 32.1. The Morgan fingerprint density at radius 3 is 3.00 bits per heavy atom. The Kier molecular flexibility index (Phi) is 5.39. The highest BCUT2D eigenvalue weighted by Gasteiger charge is 2.35. The van der Waals surface area contributed by atoms with E-state index in [0.717, 1.165) is 12.1 Å². The third kappa shape index (κ3) is 4.20. The van der Waals surface area contributed by atoms with Gasteiger partial charge in [-0.05, 0) is 5.56 Å². The molecule has 0 unspecified atom stereocenters. The summed E-state index contributed by atoms with van der Waals surface area (Å²) in [5.41, 5.74) is 1.05. The number of methoxy groups -OCH3 is 1. The average molecular weight is 364 g/mol. The minimum absolute atomic E-state index is 0.0837. The number of carbonyl (C=O) groups excluding carboxylic acids is 2. The first kappa shape index (κ1) is 17.5. The third-order valence-electron chi connectivity index (χ3n) is 4.17. The van der Waals surface area contributed by atoms with E-state index >= 15 is 0 Å². The minimum atomic E-state index is -0.294. The van der Waals surface area contributed by atoms with Crippen LogP contribution in [0.25, 0.3) is 0 Å². The Hall–Kier alpha value is -2.33. The number of aryl methyl sites for hydroxylation is 2. The molecule has 2 N–H and O–H groups in total. The zero-order chi connectivity index (χ0) is 17.8. The monoisotopic (exact) mass is 364 g/mol. The van der Waals surface area contributed by atoms with Gasteiger partial charge in [0, 0.05) is 38.7 Å². The number of hydrogen-bond donors (Lipinski definition) is 2. The van der Waals surface area contributed by atoms with E-state index < -0.39 is 0 Å². The summed E-state index contributed by atoms with van der Waals surface area (Å²) in [5, 5.41) is 19.4. The average Bonchev–Trinajstić information content (AvgIpc) is 3.32. The highest BCUT2D eigenvalue weighted by molar-refractivity contribution is 7.15. The molecular formula is C15H20N6O3S. The van der Waals surface area contributed by atoms with Gasteiger partial charge in [-0.25, -0.2) is 0 Å². The Morgan fingerprint density at radius 2 is 2.28 bits per heavy atom. The number of anilines is 1. The van der Waals surface area contributed by atoms with Crippen molar-refractivity contribution in [2.45, 2.75) is 18.8 Å². The molecule has 1 amide bonds. The number of aromatic nitrogens is 4. The largest absolute Gasteiger partial charge is 0.469 e. The smallest absolute Gasteiger partial charge is 0.305 e. The summed E-state index contributed by atoms with van der Waals surface area (Å²) in [5.74, 6) is -0.487. The van der Waals surface area contributed by atoms with Crippen molar-refractivity contribution >= 4 is 28.3 Å². The molecule has 9 nitrogen and oxygen atoms in total. The summed E-state index contributed by atoms with van der Waals surface area (Å²) < 4.78 is 6.34. The number of rotatable bonds is 6. The molecule has 1 fully saturated rings. The van der Waals surface area contributed by atoms with Crippen LogP contribution in [-0.2, 0) is 27.8 Å². The van der Waals surface area contributed by atoms with E-state index in [1.807, 2.05) is 13.2 Å². The van der Waals surface area contributed by atoms with Crippen molar-refractivity contribution in [3.63, 3.8) is 0 Å². The zero-order valence-electron chi connectivity index (χ0n) is 14.1. The standard InChI is InChI=1S/C15H20N6O3S/c1-21-8-9(5-17-21)10-6-16-7-11(10)14(23)18-15-20-19-12(25-15)3-4-13(22)24-2/h5,8,10-11,16H,3-4,6-7H2,1-2H3,(H,18,20,23)/t10-,11+/m1/s1. The first-order valence-corrected chi connectivity index (χ1v) is 8.77. The van der Waals surface area contributed by atoms with Gasteiger partial charge >= 0.3 is 5.97 Å². The van der Waals surface area contributed by atoms with E-state index in [1.165, 1.54) is 18.4 Å². The van der Waals surface area contributed by atoms with Crippen molar-refractivity contribution < 1.29 is 14.3 Å². The Bertz CT molecular complexity index is 758.